The lowest BCUT2D eigenvalue weighted by atomic mass is 9.99. The zero-order valence-corrected chi connectivity index (χ0v) is 7.49. The molecule has 1 fully saturated rings. The van der Waals surface area contributed by atoms with Crippen LogP contribution in [0, 0.1) is 6.42 Å². The molecule has 69 valence electrons. The first kappa shape index (κ1) is 9.48. The number of rotatable bonds is 2. The van der Waals surface area contributed by atoms with E-state index in [9.17, 15) is 4.79 Å². The molecule has 1 radical (unpaired) electrons. The van der Waals surface area contributed by atoms with Gasteiger partial charge in [0.1, 0.15) is 6.04 Å². The normalized spacial score (nSPS) is 31.8. The second-order valence-electron chi connectivity index (χ2n) is 3.05. The fourth-order valence-electron chi connectivity index (χ4n) is 1.57. The largest absolute Gasteiger partial charge is 0.379 e. The number of hydrogen-bond donors (Lipinski definition) is 1. The first-order chi connectivity index (χ1) is 5.66. The Morgan fingerprint density at radius 2 is 2.42 bits per heavy atom. The number of nitrogens with two attached hydrogens (primary N) is 1. The van der Waals surface area contributed by atoms with Crippen LogP contribution in [0.25, 0.3) is 0 Å². The predicted octanol–water partition coefficient (Wildman–Crippen LogP) is -0.605. The van der Waals surface area contributed by atoms with Crippen molar-refractivity contribution in [1.82, 2.24) is 4.90 Å². The van der Waals surface area contributed by atoms with Gasteiger partial charge in [-0.15, -0.1) is 0 Å². The summed E-state index contributed by atoms with van der Waals surface area (Å²) in [5, 5.41) is 0. The summed E-state index contributed by atoms with van der Waals surface area (Å²) in [6, 6.07) is -0.302. The maximum absolute atomic E-state index is 11.0. The maximum atomic E-state index is 11.0. The van der Waals surface area contributed by atoms with Crippen LogP contribution in [0.1, 0.15) is 6.42 Å². The minimum absolute atomic E-state index is 0.152. The van der Waals surface area contributed by atoms with Crippen LogP contribution in [0.4, 0.5) is 0 Å². The molecule has 4 heteroatoms. The molecule has 2 unspecified atom stereocenters. The van der Waals surface area contributed by atoms with E-state index in [2.05, 4.69) is 0 Å². The molecule has 1 heterocycles. The summed E-state index contributed by atoms with van der Waals surface area (Å²) in [7, 11) is 3.48. The van der Waals surface area contributed by atoms with Crippen molar-refractivity contribution in [2.75, 3.05) is 20.7 Å². The number of carbonyl (C=O) groups is 1. The van der Waals surface area contributed by atoms with Crippen LogP contribution < -0.4 is 5.73 Å². The first-order valence-electron chi connectivity index (χ1n) is 4.02. The van der Waals surface area contributed by atoms with Crippen molar-refractivity contribution >= 4 is 5.91 Å². The van der Waals surface area contributed by atoms with Crippen LogP contribution in [0.15, 0.2) is 0 Å². The topological polar surface area (TPSA) is 55.6 Å². The van der Waals surface area contributed by atoms with Gasteiger partial charge in [-0.3, -0.25) is 9.69 Å². The highest BCUT2D eigenvalue weighted by Crippen LogP contribution is 2.16. The Morgan fingerprint density at radius 3 is 2.83 bits per heavy atom. The van der Waals surface area contributed by atoms with Crippen LogP contribution in [0.3, 0.4) is 0 Å². The van der Waals surface area contributed by atoms with Gasteiger partial charge in [0.15, 0.2) is 0 Å². The van der Waals surface area contributed by atoms with Crippen LogP contribution in [0.2, 0.25) is 0 Å². The van der Waals surface area contributed by atoms with Crippen molar-refractivity contribution in [3.8, 4) is 0 Å². The van der Waals surface area contributed by atoms with Crippen molar-refractivity contribution in [3.05, 3.63) is 6.42 Å². The third-order valence-corrected chi connectivity index (χ3v) is 2.23. The van der Waals surface area contributed by atoms with Crippen molar-refractivity contribution in [2.45, 2.75) is 18.6 Å². The van der Waals surface area contributed by atoms with E-state index in [0.717, 1.165) is 13.0 Å². The number of likely N-dealkylation sites (tertiary alicyclic amines) is 1. The summed E-state index contributed by atoms with van der Waals surface area (Å²) >= 11 is 0. The van der Waals surface area contributed by atoms with Crippen LogP contribution in [-0.2, 0) is 9.53 Å². The first-order valence-corrected chi connectivity index (χ1v) is 4.02. The highest BCUT2D eigenvalue weighted by atomic mass is 16.5. The molecule has 0 aromatic rings. The molecule has 2 atom stereocenters. The third kappa shape index (κ3) is 1.76. The Labute approximate surface area is 72.7 Å². The molecule has 1 saturated heterocycles. The molecular weight excluding hydrogens is 156 g/mol. The molecule has 0 bridgehead atoms. The number of nitrogens with zero attached hydrogens (tertiary/aromatic N) is 1. The predicted molar refractivity (Wildman–Crippen MR) is 45.3 cm³/mol. The lowest BCUT2D eigenvalue weighted by molar-refractivity contribution is -0.128. The molecule has 0 aromatic carbocycles. The Bertz CT molecular complexity index is 172. The Hall–Kier alpha value is -0.610. The molecule has 1 aliphatic rings. The Morgan fingerprint density at radius 1 is 1.75 bits per heavy atom. The summed E-state index contributed by atoms with van der Waals surface area (Å²) in [6.07, 6.45) is 2.79. The molecule has 0 aromatic heterocycles. The summed E-state index contributed by atoms with van der Waals surface area (Å²) in [4.78, 5) is 12.9. The molecule has 1 aliphatic heterocycles. The summed E-state index contributed by atoms with van der Waals surface area (Å²) in [6.45, 7) is 0.869. The highest BCUT2D eigenvalue weighted by Gasteiger charge is 2.33. The standard InChI is InChI=1S/C8H15N2O2/c1-10-5-3-4-6(12-2)7(10)8(9)11/h4,6-7H,3,5H2,1-2H3,(H2,9,11). The van der Waals surface area contributed by atoms with E-state index in [4.69, 9.17) is 10.5 Å². The fourth-order valence-corrected chi connectivity index (χ4v) is 1.57. The van der Waals surface area contributed by atoms with E-state index >= 15 is 0 Å². The SMILES string of the molecule is COC1[CH]CCN(C)C1C(N)=O. The number of likely N-dealkylation sites (N-methyl/N-ethyl adjacent to an activating group) is 1. The number of piperidine rings is 1. The minimum atomic E-state index is -0.319. The van der Waals surface area contributed by atoms with Gasteiger partial charge in [0, 0.05) is 7.11 Å². The van der Waals surface area contributed by atoms with E-state index in [1.54, 1.807) is 7.11 Å². The van der Waals surface area contributed by atoms with Gasteiger partial charge >= 0.3 is 0 Å². The minimum Gasteiger partial charge on any atom is -0.379 e. The van der Waals surface area contributed by atoms with Crippen LogP contribution in [-0.4, -0.2) is 43.7 Å². The van der Waals surface area contributed by atoms with Crippen LogP contribution in [0.5, 0.6) is 0 Å². The van der Waals surface area contributed by atoms with E-state index in [1.807, 2.05) is 18.4 Å². The molecule has 1 amide bonds. The van der Waals surface area contributed by atoms with Gasteiger partial charge in [-0.05, 0) is 26.4 Å². The Balaban J connectivity index is 2.66. The smallest absolute Gasteiger partial charge is 0.237 e. The molecule has 12 heavy (non-hydrogen) atoms. The highest BCUT2D eigenvalue weighted by molar-refractivity contribution is 5.81. The van der Waals surface area contributed by atoms with E-state index in [-0.39, 0.29) is 18.1 Å². The van der Waals surface area contributed by atoms with Gasteiger partial charge in [-0.2, -0.15) is 0 Å². The number of carbonyl (C=O) groups excluding carboxylic acids is 1. The molecule has 0 saturated carbocycles. The van der Waals surface area contributed by atoms with E-state index in [0.29, 0.717) is 0 Å². The van der Waals surface area contributed by atoms with Gasteiger partial charge < -0.3 is 10.5 Å². The lowest BCUT2D eigenvalue weighted by Gasteiger charge is -2.35. The van der Waals surface area contributed by atoms with Gasteiger partial charge in [0.25, 0.3) is 0 Å². The molecule has 0 spiro atoms. The molecule has 0 aliphatic carbocycles. The number of primary amides is 1. The van der Waals surface area contributed by atoms with Crippen molar-refractivity contribution in [1.29, 1.82) is 0 Å². The molecule has 1 rings (SSSR count). The van der Waals surface area contributed by atoms with Crippen LogP contribution >= 0.6 is 0 Å². The van der Waals surface area contributed by atoms with Gasteiger partial charge in [0.05, 0.1) is 6.10 Å². The van der Waals surface area contributed by atoms with Crippen molar-refractivity contribution < 1.29 is 9.53 Å². The number of hydrogen-bond acceptors (Lipinski definition) is 3. The van der Waals surface area contributed by atoms with Gasteiger partial charge in [-0.1, -0.05) is 0 Å². The summed E-state index contributed by atoms with van der Waals surface area (Å²) < 4.78 is 5.14. The Kier molecular flexibility index (Phi) is 3.05. The van der Waals surface area contributed by atoms with Gasteiger partial charge in [-0.25, -0.2) is 0 Å². The maximum Gasteiger partial charge on any atom is 0.237 e. The zero-order chi connectivity index (χ0) is 9.14. The quantitative estimate of drug-likeness (QED) is 0.603. The third-order valence-electron chi connectivity index (χ3n) is 2.23. The second-order valence-corrected chi connectivity index (χ2v) is 3.05. The fraction of sp³-hybridized carbons (Fsp3) is 0.750. The summed E-state index contributed by atoms with van der Waals surface area (Å²) in [5.74, 6) is -0.319. The molecule has 2 N–H and O–H groups in total. The van der Waals surface area contributed by atoms with Crippen molar-refractivity contribution in [2.24, 2.45) is 5.73 Å². The van der Waals surface area contributed by atoms with Crippen molar-refractivity contribution in [3.63, 3.8) is 0 Å². The number of methoxy groups -OCH3 is 1. The average Bonchev–Trinajstić information content (AvgIpc) is 2.03. The van der Waals surface area contributed by atoms with E-state index in [1.165, 1.54) is 0 Å². The van der Waals surface area contributed by atoms with Gasteiger partial charge in [0.2, 0.25) is 5.91 Å². The number of amides is 1. The van der Waals surface area contributed by atoms with E-state index < -0.39 is 0 Å². The average molecular weight is 171 g/mol. The second kappa shape index (κ2) is 3.87. The number of ether oxygens (including phenoxy) is 1. The lowest BCUT2D eigenvalue weighted by Crippen LogP contribution is -2.54. The zero-order valence-electron chi connectivity index (χ0n) is 7.49. The molecule has 4 nitrogen and oxygen atoms in total. The summed E-state index contributed by atoms with van der Waals surface area (Å²) in [5.41, 5.74) is 5.24. The molecular formula is C8H15N2O2. The monoisotopic (exact) mass is 171 g/mol.